The quantitative estimate of drug-likeness (QED) is 0.313. The molecule has 0 saturated heterocycles. The Balaban J connectivity index is 0. The van der Waals surface area contributed by atoms with Gasteiger partial charge in [0.05, 0.1) is 7.11 Å². The number of hydrogen-bond acceptors (Lipinski definition) is 5. The van der Waals surface area contributed by atoms with Crippen LogP contribution in [0.1, 0.15) is 46.2 Å². The number of rotatable bonds is 8. The molecule has 2 rings (SSSR count). The predicted octanol–water partition coefficient (Wildman–Crippen LogP) is 5.06. The van der Waals surface area contributed by atoms with Crippen molar-refractivity contribution in [1.29, 1.82) is 0 Å². The van der Waals surface area contributed by atoms with E-state index >= 15 is 0 Å². The van der Waals surface area contributed by atoms with E-state index in [9.17, 15) is 9.59 Å². The third-order valence-corrected chi connectivity index (χ3v) is 4.54. The largest absolute Gasteiger partial charge is 0.490 e. The fraction of sp³-hybridized carbons (Fsp3) is 0.333. The topological polar surface area (TPSA) is 93.3 Å². The van der Waals surface area contributed by atoms with Crippen molar-refractivity contribution in [2.24, 2.45) is 0 Å². The number of hydrogen-bond donors (Lipinski definition) is 0. The van der Waals surface area contributed by atoms with Crippen LogP contribution in [0, 0.1) is 0 Å². The lowest BCUT2D eigenvalue weighted by Gasteiger charge is -2.26. The molecule has 2 N–H and O–H groups in total. The molecule has 0 bridgehead atoms. The predicted molar refractivity (Wildman–Crippen MR) is 133 cm³/mol. The first-order valence-electron chi connectivity index (χ1n) is 9.95. The Labute approximate surface area is 198 Å². The zero-order chi connectivity index (χ0) is 23.4. The SMILES string of the molecule is C.C=C(C)C(=O)OC.C=C(C)C(=O)OCCOc1ccc(C(C)(C)c2ccccc2)cc1.O. The molecule has 0 aliphatic carbocycles. The molecule has 2 aromatic carbocycles. The summed E-state index contributed by atoms with van der Waals surface area (Å²) in [5, 5.41) is 0. The van der Waals surface area contributed by atoms with Crippen LogP contribution in [0.3, 0.4) is 0 Å². The zero-order valence-electron chi connectivity index (χ0n) is 19.6. The van der Waals surface area contributed by atoms with E-state index in [4.69, 9.17) is 9.47 Å². The fourth-order valence-electron chi connectivity index (χ4n) is 2.58. The summed E-state index contributed by atoms with van der Waals surface area (Å²) in [4.78, 5) is 21.5. The maximum atomic E-state index is 11.3. The molecular formula is C27H38O6. The van der Waals surface area contributed by atoms with Gasteiger partial charge >= 0.3 is 11.9 Å². The van der Waals surface area contributed by atoms with Gasteiger partial charge in [0.2, 0.25) is 0 Å². The Hall–Kier alpha value is -3.38. The standard InChI is InChI=1S/C21H24O3.C5H8O2.CH4.H2O/c1-16(2)20(22)24-15-14-23-19-12-10-18(11-13-19)21(3,4)17-8-6-5-7-9-17;1-4(2)5(6)7-3;;/h5-13H,1,14-15H2,2-4H3;1H2,2-3H3;1H4;1H2. The number of carbonyl (C=O) groups is 2. The van der Waals surface area contributed by atoms with E-state index in [1.54, 1.807) is 13.8 Å². The van der Waals surface area contributed by atoms with Gasteiger partial charge < -0.3 is 19.7 Å². The van der Waals surface area contributed by atoms with Gasteiger partial charge in [-0.2, -0.15) is 0 Å². The van der Waals surface area contributed by atoms with Crippen LogP contribution in [0.5, 0.6) is 5.75 Å². The van der Waals surface area contributed by atoms with E-state index in [0.29, 0.717) is 17.8 Å². The molecule has 182 valence electrons. The highest BCUT2D eigenvalue weighted by Crippen LogP contribution is 2.32. The molecule has 0 fully saturated rings. The molecule has 6 nitrogen and oxygen atoms in total. The van der Waals surface area contributed by atoms with Crippen molar-refractivity contribution in [3.63, 3.8) is 0 Å². The third-order valence-electron chi connectivity index (χ3n) is 4.54. The van der Waals surface area contributed by atoms with Crippen LogP contribution in [-0.4, -0.2) is 37.7 Å². The molecule has 0 unspecified atom stereocenters. The Bertz CT molecular complexity index is 883. The van der Waals surface area contributed by atoms with E-state index in [-0.39, 0.29) is 30.9 Å². The Morgan fingerprint density at radius 2 is 1.30 bits per heavy atom. The highest BCUT2D eigenvalue weighted by atomic mass is 16.6. The average Bonchev–Trinajstić information content (AvgIpc) is 2.77. The number of carbonyl (C=O) groups excluding carboxylic acids is 2. The summed E-state index contributed by atoms with van der Waals surface area (Å²) < 4.78 is 14.9. The van der Waals surface area contributed by atoms with Crippen LogP contribution in [-0.2, 0) is 24.5 Å². The van der Waals surface area contributed by atoms with Gasteiger partial charge in [-0.3, -0.25) is 0 Å². The molecule has 0 aliphatic heterocycles. The maximum absolute atomic E-state index is 11.3. The zero-order valence-corrected chi connectivity index (χ0v) is 19.6. The molecule has 0 radical (unpaired) electrons. The van der Waals surface area contributed by atoms with Gasteiger partial charge in [-0.1, -0.05) is 76.9 Å². The minimum Gasteiger partial charge on any atom is -0.490 e. The molecule has 0 atom stereocenters. The molecule has 0 heterocycles. The first-order valence-corrected chi connectivity index (χ1v) is 9.95. The average molecular weight is 459 g/mol. The van der Waals surface area contributed by atoms with Crippen LogP contribution in [0.25, 0.3) is 0 Å². The molecular weight excluding hydrogens is 420 g/mol. The monoisotopic (exact) mass is 458 g/mol. The molecule has 0 aliphatic rings. The van der Waals surface area contributed by atoms with E-state index in [2.05, 4.69) is 68.1 Å². The summed E-state index contributed by atoms with van der Waals surface area (Å²) in [5.74, 6) is 0.0209. The molecule has 6 heteroatoms. The molecule has 0 saturated carbocycles. The van der Waals surface area contributed by atoms with Crippen molar-refractivity contribution in [2.45, 2.75) is 40.5 Å². The number of ether oxygens (including phenoxy) is 3. The first kappa shape index (κ1) is 31.8. The normalized spacial score (nSPS) is 9.61. The molecule has 2 aromatic rings. The Morgan fingerprint density at radius 3 is 1.73 bits per heavy atom. The van der Waals surface area contributed by atoms with Crippen molar-refractivity contribution in [3.8, 4) is 5.75 Å². The molecule has 0 spiro atoms. The van der Waals surface area contributed by atoms with Crippen molar-refractivity contribution in [3.05, 3.63) is 90.0 Å². The van der Waals surface area contributed by atoms with E-state index < -0.39 is 5.97 Å². The van der Waals surface area contributed by atoms with Gasteiger partial charge in [-0.25, -0.2) is 9.59 Å². The Morgan fingerprint density at radius 1 is 0.818 bits per heavy atom. The van der Waals surface area contributed by atoms with Crippen molar-refractivity contribution in [1.82, 2.24) is 0 Å². The van der Waals surface area contributed by atoms with Gasteiger partial charge in [-0.05, 0) is 37.1 Å². The minimum atomic E-state index is -0.390. The third kappa shape index (κ3) is 10.7. The van der Waals surface area contributed by atoms with Gasteiger partial charge in [-0.15, -0.1) is 0 Å². The second-order valence-corrected chi connectivity index (χ2v) is 7.55. The summed E-state index contributed by atoms with van der Waals surface area (Å²) in [6.45, 7) is 15.0. The van der Waals surface area contributed by atoms with E-state index in [1.165, 1.54) is 18.2 Å². The lowest BCUT2D eigenvalue weighted by Crippen LogP contribution is -2.18. The molecule has 0 aromatic heterocycles. The minimum absolute atomic E-state index is 0. The second-order valence-electron chi connectivity index (χ2n) is 7.55. The number of methoxy groups -OCH3 is 1. The highest BCUT2D eigenvalue weighted by Gasteiger charge is 2.22. The van der Waals surface area contributed by atoms with Crippen LogP contribution in [0.4, 0.5) is 0 Å². The summed E-state index contributed by atoms with van der Waals surface area (Å²) in [5.41, 5.74) is 3.24. The van der Waals surface area contributed by atoms with Gasteiger partial charge in [0, 0.05) is 16.6 Å². The summed E-state index contributed by atoms with van der Waals surface area (Å²) in [6.07, 6.45) is 0. The van der Waals surface area contributed by atoms with E-state index in [1.807, 2.05) is 18.2 Å². The van der Waals surface area contributed by atoms with Crippen LogP contribution in [0.15, 0.2) is 78.9 Å². The second kappa shape index (κ2) is 15.4. The fourth-order valence-corrected chi connectivity index (χ4v) is 2.58. The molecule has 0 amide bonds. The summed E-state index contributed by atoms with van der Waals surface area (Å²) in [7, 11) is 1.33. The highest BCUT2D eigenvalue weighted by molar-refractivity contribution is 5.87. The van der Waals surface area contributed by atoms with Gasteiger partial charge in [0.1, 0.15) is 19.0 Å². The van der Waals surface area contributed by atoms with Crippen molar-refractivity contribution < 1.29 is 29.3 Å². The Kier molecular flexibility index (Phi) is 14.9. The van der Waals surface area contributed by atoms with Crippen molar-refractivity contribution in [2.75, 3.05) is 20.3 Å². The smallest absolute Gasteiger partial charge is 0.333 e. The van der Waals surface area contributed by atoms with Gasteiger partial charge in [0.25, 0.3) is 0 Å². The molecule has 33 heavy (non-hydrogen) atoms. The number of benzene rings is 2. The van der Waals surface area contributed by atoms with E-state index in [0.717, 1.165) is 5.75 Å². The summed E-state index contributed by atoms with van der Waals surface area (Å²) >= 11 is 0. The van der Waals surface area contributed by atoms with Crippen LogP contribution >= 0.6 is 0 Å². The van der Waals surface area contributed by atoms with Crippen molar-refractivity contribution >= 4 is 11.9 Å². The lowest BCUT2D eigenvalue weighted by molar-refractivity contribution is -0.139. The maximum Gasteiger partial charge on any atom is 0.333 e. The first-order chi connectivity index (χ1) is 14.6. The van der Waals surface area contributed by atoms with Crippen LogP contribution in [0.2, 0.25) is 0 Å². The van der Waals surface area contributed by atoms with Gasteiger partial charge in [0.15, 0.2) is 0 Å². The number of esters is 2. The summed E-state index contributed by atoms with van der Waals surface area (Å²) in [6, 6.07) is 18.4. The van der Waals surface area contributed by atoms with Crippen LogP contribution < -0.4 is 4.74 Å². The lowest BCUT2D eigenvalue weighted by atomic mass is 9.78.